The third-order valence-corrected chi connectivity index (χ3v) is 6.12. The highest BCUT2D eigenvalue weighted by molar-refractivity contribution is 5.79. The molecule has 0 spiro atoms. The van der Waals surface area contributed by atoms with Crippen LogP contribution in [0.2, 0.25) is 0 Å². The van der Waals surface area contributed by atoms with Gasteiger partial charge in [0, 0.05) is 39.3 Å². The van der Waals surface area contributed by atoms with Crippen LogP contribution in [0, 0.1) is 6.92 Å². The molecule has 0 aliphatic carbocycles. The molecule has 6 nitrogen and oxygen atoms in total. The number of amides is 2. The number of nitrogens with one attached hydrogen (secondary N) is 1. The summed E-state index contributed by atoms with van der Waals surface area (Å²) in [6, 6.07) is 8.44. The molecule has 2 amide bonds. The first kappa shape index (κ1) is 21.8. The zero-order valence-electron chi connectivity index (χ0n) is 18.0. The van der Waals surface area contributed by atoms with Crippen LogP contribution in [-0.4, -0.2) is 78.9 Å². The van der Waals surface area contributed by atoms with Gasteiger partial charge in [-0.25, -0.2) is 0 Å². The summed E-state index contributed by atoms with van der Waals surface area (Å²) in [6.45, 7) is 10.3. The first-order valence-corrected chi connectivity index (χ1v) is 11.1. The van der Waals surface area contributed by atoms with Crippen molar-refractivity contribution >= 4 is 11.8 Å². The van der Waals surface area contributed by atoms with Crippen LogP contribution >= 0.6 is 0 Å². The van der Waals surface area contributed by atoms with Crippen LogP contribution in [-0.2, 0) is 9.59 Å². The van der Waals surface area contributed by atoms with Gasteiger partial charge in [0.25, 0.3) is 0 Å². The molecule has 1 aromatic carbocycles. The molecule has 0 saturated carbocycles. The van der Waals surface area contributed by atoms with E-state index in [4.69, 9.17) is 0 Å². The quantitative estimate of drug-likeness (QED) is 0.762. The van der Waals surface area contributed by atoms with Gasteiger partial charge in [0.05, 0.1) is 19.1 Å². The summed E-state index contributed by atoms with van der Waals surface area (Å²) < 4.78 is 0. The lowest BCUT2D eigenvalue weighted by atomic mass is 10.0. The molecule has 2 aliphatic rings. The number of piperidine rings is 1. The number of rotatable bonds is 7. The lowest BCUT2D eigenvalue weighted by Crippen LogP contribution is -2.52. The van der Waals surface area contributed by atoms with Crippen molar-refractivity contribution in [2.75, 3.05) is 52.4 Å². The molecule has 3 rings (SSSR count). The average molecular weight is 401 g/mol. The van der Waals surface area contributed by atoms with Gasteiger partial charge < -0.3 is 10.2 Å². The van der Waals surface area contributed by atoms with Crippen LogP contribution in [0.25, 0.3) is 0 Å². The zero-order chi connectivity index (χ0) is 20.6. The fraction of sp³-hybridized carbons (Fsp3) is 0.652. The van der Waals surface area contributed by atoms with Crippen LogP contribution in [0.1, 0.15) is 49.8 Å². The normalized spacial score (nSPS) is 19.7. The number of likely N-dealkylation sites (tertiary alicyclic amines) is 1. The van der Waals surface area contributed by atoms with Crippen LogP contribution in [0.15, 0.2) is 24.3 Å². The SMILES string of the molecule is CC[C@H](NC(=O)CN1CCN(CC(=O)N2CCCCC2)CC1)c1ccc(C)cc1. The summed E-state index contributed by atoms with van der Waals surface area (Å²) in [5.41, 5.74) is 2.39. The van der Waals surface area contributed by atoms with Crippen molar-refractivity contribution in [1.29, 1.82) is 0 Å². The Balaban J connectivity index is 1.39. The van der Waals surface area contributed by atoms with E-state index >= 15 is 0 Å². The maximum atomic E-state index is 12.6. The first-order valence-electron chi connectivity index (χ1n) is 11.1. The van der Waals surface area contributed by atoms with Gasteiger partial charge in [-0.05, 0) is 38.2 Å². The van der Waals surface area contributed by atoms with Crippen molar-refractivity contribution in [2.45, 2.75) is 45.6 Å². The van der Waals surface area contributed by atoms with Crippen LogP contribution in [0.4, 0.5) is 0 Å². The highest BCUT2D eigenvalue weighted by atomic mass is 16.2. The molecule has 2 heterocycles. The Morgan fingerprint density at radius 2 is 1.48 bits per heavy atom. The first-order chi connectivity index (χ1) is 14.0. The third-order valence-electron chi connectivity index (χ3n) is 6.12. The minimum Gasteiger partial charge on any atom is -0.348 e. The number of carbonyl (C=O) groups is 2. The zero-order valence-corrected chi connectivity index (χ0v) is 18.0. The fourth-order valence-electron chi connectivity index (χ4n) is 4.20. The van der Waals surface area contributed by atoms with E-state index in [-0.39, 0.29) is 17.9 Å². The van der Waals surface area contributed by atoms with Crippen molar-refractivity contribution in [3.8, 4) is 0 Å². The van der Waals surface area contributed by atoms with Gasteiger partial charge >= 0.3 is 0 Å². The lowest BCUT2D eigenvalue weighted by molar-refractivity contribution is -0.134. The molecule has 29 heavy (non-hydrogen) atoms. The smallest absolute Gasteiger partial charge is 0.236 e. The number of carbonyl (C=O) groups excluding carboxylic acids is 2. The maximum absolute atomic E-state index is 12.6. The number of benzene rings is 1. The van der Waals surface area contributed by atoms with E-state index in [0.29, 0.717) is 13.1 Å². The Kier molecular flexibility index (Phi) is 8.07. The largest absolute Gasteiger partial charge is 0.348 e. The second kappa shape index (κ2) is 10.7. The van der Waals surface area contributed by atoms with Crippen molar-refractivity contribution in [2.24, 2.45) is 0 Å². The van der Waals surface area contributed by atoms with E-state index in [9.17, 15) is 9.59 Å². The van der Waals surface area contributed by atoms with E-state index < -0.39 is 0 Å². The molecule has 0 aromatic heterocycles. The molecule has 0 radical (unpaired) electrons. The Labute approximate surface area is 175 Å². The van der Waals surface area contributed by atoms with Crippen LogP contribution in [0.5, 0.6) is 0 Å². The molecule has 6 heteroatoms. The summed E-state index contributed by atoms with van der Waals surface area (Å²) in [4.78, 5) is 31.4. The molecule has 2 saturated heterocycles. The van der Waals surface area contributed by atoms with Gasteiger partial charge in [0.1, 0.15) is 0 Å². The lowest BCUT2D eigenvalue weighted by Gasteiger charge is -2.36. The van der Waals surface area contributed by atoms with Crippen molar-refractivity contribution < 1.29 is 9.59 Å². The van der Waals surface area contributed by atoms with Crippen LogP contribution < -0.4 is 5.32 Å². The molecule has 160 valence electrons. The Hall–Kier alpha value is -1.92. The number of nitrogens with zero attached hydrogens (tertiary/aromatic N) is 3. The minimum absolute atomic E-state index is 0.0616. The van der Waals surface area contributed by atoms with Gasteiger partial charge in [-0.15, -0.1) is 0 Å². The average Bonchev–Trinajstić information content (AvgIpc) is 2.75. The highest BCUT2D eigenvalue weighted by Gasteiger charge is 2.24. The molecular weight excluding hydrogens is 364 g/mol. The van der Waals surface area contributed by atoms with Gasteiger partial charge in [-0.1, -0.05) is 36.8 Å². The second-order valence-corrected chi connectivity index (χ2v) is 8.43. The summed E-state index contributed by atoms with van der Waals surface area (Å²) in [5, 5.41) is 3.18. The molecule has 0 bridgehead atoms. The molecule has 1 N–H and O–H groups in total. The standard InChI is InChI=1S/C23H36N4O2/c1-3-21(20-9-7-19(2)8-10-20)24-22(28)17-25-13-15-26(16-14-25)18-23(29)27-11-5-4-6-12-27/h7-10,21H,3-6,11-18H2,1-2H3,(H,24,28)/t21-/m0/s1. The monoisotopic (exact) mass is 400 g/mol. The summed E-state index contributed by atoms with van der Waals surface area (Å²) >= 11 is 0. The summed E-state index contributed by atoms with van der Waals surface area (Å²) in [6.07, 6.45) is 4.39. The van der Waals surface area contributed by atoms with Crippen molar-refractivity contribution in [1.82, 2.24) is 20.0 Å². The topological polar surface area (TPSA) is 55.9 Å². The van der Waals surface area contributed by atoms with Crippen molar-refractivity contribution in [3.05, 3.63) is 35.4 Å². The summed E-state index contributed by atoms with van der Waals surface area (Å²) in [7, 11) is 0. The summed E-state index contributed by atoms with van der Waals surface area (Å²) in [5.74, 6) is 0.343. The van der Waals surface area contributed by atoms with Crippen molar-refractivity contribution in [3.63, 3.8) is 0 Å². The maximum Gasteiger partial charge on any atom is 0.236 e. The minimum atomic E-state index is 0.0616. The van der Waals surface area contributed by atoms with Gasteiger partial charge in [-0.3, -0.25) is 19.4 Å². The Morgan fingerprint density at radius 3 is 2.07 bits per heavy atom. The van der Waals surface area contributed by atoms with E-state index in [1.54, 1.807) is 0 Å². The molecule has 2 aliphatic heterocycles. The number of piperazine rings is 1. The number of hydrogen-bond donors (Lipinski definition) is 1. The molecule has 2 fully saturated rings. The van der Waals surface area contributed by atoms with Crippen LogP contribution in [0.3, 0.4) is 0 Å². The fourth-order valence-corrected chi connectivity index (χ4v) is 4.20. The molecule has 1 aromatic rings. The van der Waals surface area contributed by atoms with Gasteiger partial charge in [-0.2, -0.15) is 0 Å². The third kappa shape index (κ3) is 6.54. The van der Waals surface area contributed by atoms with E-state index in [1.165, 1.54) is 12.0 Å². The Bertz CT molecular complexity index is 662. The van der Waals surface area contributed by atoms with Gasteiger partial charge in [0.2, 0.25) is 11.8 Å². The molecular formula is C23H36N4O2. The predicted molar refractivity (Wildman–Crippen MR) is 116 cm³/mol. The molecule has 1 atom stereocenters. The van der Waals surface area contributed by atoms with E-state index in [1.807, 2.05) is 4.90 Å². The highest BCUT2D eigenvalue weighted by Crippen LogP contribution is 2.17. The van der Waals surface area contributed by atoms with E-state index in [2.05, 4.69) is 53.2 Å². The van der Waals surface area contributed by atoms with Gasteiger partial charge in [0.15, 0.2) is 0 Å². The van der Waals surface area contributed by atoms with E-state index in [0.717, 1.165) is 64.1 Å². The second-order valence-electron chi connectivity index (χ2n) is 8.43. The predicted octanol–water partition coefficient (Wildman–Crippen LogP) is 2.19. The number of hydrogen-bond acceptors (Lipinski definition) is 4. The number of aryl methyl sites for hydroxylation is 1. The Morgan fingerprint density at radius 1 is 0.897 bits per heavy atom. The molecule has 0 unspecified atom stereocenters.